The van der Waals surface area contributed by atoms with Crippen molar-refractivity contribution in [3.8, 4) is 34.4 Å². The van der Waals surface area contributed by atoms with Gasteiger partial charge in [-0.2, -0.15) is 4.57 Å². The molecule has 9 aromatic rings. The second kappa shape index (κ2) is 20.3. The van der Waals surface area contributed by atoms with E-state index in [1.165, 1.54) is 57.1 Å². The highest BCUT2D eigenvalue weighted by Crippen LogP contribution is 2.38. The van der Waals surface area contributed by atoms with Gasteiger partial charge in [0.15, 0.2) is 17.2 Å². The van der Waals surface area contributed by atoms with Crippen LogP contribution in [-0.2, 0) is 13.5 Å². The van der Waals surface area contributed by atoms with Crippen LogP contribution in [-0.4, -0.2) is 72.3 Å². The van der Waals surface area contributed by atoms with Gasteiger partial charge in [0.05, 0.1) is 11.1 Å². The number of aryl methyl sites for hydroxylation is 2. The fraction of sp³-hybridized carbons (Fsp3) is 0.107. The summed E-state index contributed by atoms with van der Waals surface area (Å²) in [6.07, 6.45) is 4.32. The highest BCUT2D eigenvalue weighted by molar-refractivity contribution is 6.02. The number of nitrogens with zero attached hydrogens (tertiary/aromatic N) is 3. The smallest absolute Gasteiger partial charge is 0.339 e. The summed E-state index contributed by atoms with van der Waals surface area (Å²) in [7, 11) is 6.28. The van der Waals surface area contributed by atoms with Gasteiger partial charge in [0.1, 0.15) is 18.4 Å². The Bertz CT molecular complexity index is 3400. The van der Waals surface area contributed by atoms with Crippen molar-refractivity contribution in [2.24, 2.45) is 7.05 Å². The molecule has 0 bridgehead atoms. The summed E-state index contributed by atoms with van der Waals surface area (Å²) in [5.41, 5.74) is 8.11. The number of rotatable bonds is 9. The number of carbonyl (C=O) groups is 3. The van der Waals surface area contributed by atoms with E-state index in [-0.39, 0.29) is 34.2 Å². The van der Waals surface area contributed by atoms with Crippen molar-refractivity contribution < 1.29 is 59.8 Å². The first kappa shape index (κ1) is 48.6. The van der Waals surface area contributed by atoms with Crippen LogP contribution >= 0.6 is 0 Å². The second-order valence-corrected chi connectivity index (χ2v) is 16.7. The van der Waals surface area contributed by atoms with Gasteiger partial charge in [0, 0.05) is 72.4 Å². The Kier molecular flexibility index (Phi) is 14.1. The molecule has 0 aliphatic rings. The van der Waals surface area contributed by atoms with E-state index in [1.54, 1.807) is 48.5 Å². The maximum atomic E-state index is 12.9. The fourth-order valence-corrected chi connectivity index (χ4v) is 8.35. The van der Waals surface area contributed by atoms with Crippen LogP contribution in [0.2, 0.25) is 0 Å². The van der Waals surface area contributed by atoms with Crippen molar-refractivity contribution in [2.45, 2.75) is 20.3 Å². The van der Waals surface area contributed by atoms with Gasteiger partial charge in [-0.1, -0.05) is 72.5 Å². The number of para-hydroxylation sites is 1. The number of aromatic hydroxyl groups is 4. The predicted octanol–water partition coefficient (Wildman–Crippen LogP) is 9.57. The van der Waals surface area contributed by atoms with E-state index < -0.39 is 46.7 Å². The third kappa shape index (κ3) is 10.0. The zero-order chi connectivity index (χ0) is 50.6. The zero-order valence-corrected chi connectivity index (χ0v) is 38.7. The average molecular weight is 940 g/mol. The molecule has 0 saturated carbocycles. The standard InChI is InChI=1S/C26H28N3.C23H16O6.C7H6O5/c1-19-17-21(20(2)29(19)24-9-7-6-8-10-24)11-13-23-14-12-22-18-25(27(3)4)15-16-26(22)28(23)5;24-20-16(14-7-3-1-5-12(14)9-18(20)22(26)27)11-17-15-8-4-2-6-13(15)10-19(21(17)25)23(28)29;8-4-1-3(7(11)12)2-5(9)6(4)10/h6-18H,1-5H3;1-10,24-25H,11H2,(H,26,27)(H,28,29);1-2,8-10H,(H,11,12)/q+1;;/p-1. The SMILES string of the molecule is Cc1cc(C=Cc2ccc3cc(N(C)C)ccc3[n+]2C)c(C)n1-c1ccccc1.O=C(O)c1cc(O)c(O)c(O)c1.O=C(O)c1cc2ccccc2c(Cc2c(O)c(C(=O)O)cc3ccccc23)c1[O-]. The monoisotopic (exact) mass is 939 g/mol. The Morgan fingerprint density at radius 3 is 1.77 bits per heavy atom. The first-order chi connectivity index (χ1) is 33.4. The number of carboxylic acid groups (broad SMARTS) is 3. The minimum absolute atomic E-state index is 0.103. The molecule has 0 saturated heterocycles. The molecule has 0 aliphatic carbocycles. The molecule has 2 aromatic heterocycles. The molecule has 354 valence electrons. The van der Waals surface area contributed by atoms with Gasteiger partial charge in [-0.25, -0.2) is 14.4 Å². The summed E-state index contributed by atoms with van der Waals surface area (Å²) in [5.74, 6) is -7.04. The van der Waals surface area contributed by atoms with Gasteiger partial charge < -0.3 is 50.3 Å². The molecule has 7 aromatic carbocycles. The van der Waals surface area contributed by atoms with Crippen molar-refractivity contribution in [2.75, 3.05) is 19.0 Å². The van der Waals surface area contributed by atoms with Crippen molar-refractivity contribution >= 4 is 68.2 Å². The quantitative estimate of drug-likeness (QED) is 0.0530. The van der Waals surface area contributed by atoms with Gasteiger partial charge in [0.25, 0.3) is 0 Å². The number of fused-ring (bicyclic) bond motifs is 3. The number of hydrogen-bond acceptors (Lipinski definition) is 9. The third-order valence-electron chi connectivity index (χ3n) is 12.0. The van der Waals surface area contributed by atoms with Crippen molar-refractivity contribution in [3.05, 3.63) is 190 Å². The highest BCUT2D eigenvalue weighted by atomic mass is 16.4. The predicted molar refractivity (Wildman–Crippen MR) is 268 cm³/mol. The van der Waals surface area contributed by atoms with E-state index in [4.69, 9.17) is 20.4 Å². The van der Waals surface area contributed by atoms with E-state index in [2.05, 4.69) is 128 Å². The first-order valence-electron chi connectivity index (χ1n) is 21.8. The molecule has 7 N–H and O–H groups in total. The lowest BCUT2D eigenvalue weighted by Gasteiger charge is -2.21. The van der Waals surface area contributed by atoms with Gasteiger partial charge in [0.2, 0.25) is 11.2 Å². The van der Waals surface area contributed by atoms with Gasteiger partial charge >= 0.3 is 17.9 Å². The molecule has 0 aliphatic heterocycles. The number of aromatic carboxylic acids is 3. The minimum Gasteiger partial charge on any atom is -0.872 e. The van der Waals surface area contributed by atoms with E-state index in [0.29, 0.717) is 21.5 Å². The molecule has 0 amide bonds. The zero-order valence-electron chi connectivity index (χ0n) is 38.7. The van der Waals surface area contributed by atoms with Crippen LogP contribution in [0.1, 0.15) is 64.8 Å². The van der Waals surface area contributed by atoms with Crippen LogP contribution in [0.4, 0.5) is 5.69 Å². The molecule has 14 heteroatoms. The topological polar surface area (TPSA) is 228 Å². The number of phenolic OH excluding ortho intramolecular Hbond substituents is 3. The van der Waals surface area contributed by atoms with Crippen LogP contribution in [0.25, 0.3) is 50.3 Å². The van der Waals surface area contributed by atoms with E-state index in [1.807, 2.05) is 0 Å². The number of anilines is 1. The molecule has 9 rings (SSSR count). The van der Waals surface area contributed by atoms with E-state index in [9.17, 15) is 34.8 Å². The maximum absolute atomic E-state index is 12.9. The van der Waals surface area contributed by atoms with E-state index >= 15 is 0 Å². The maximum Gasteiger partial charge on any atom is 0.339 e. The average Bonchev–Trinajstić information content (AvgIpc) is 3.63. The highest BCUT2D eigenvalue weighted by Gasteiger charge is 2.21. The Hall–Kier alpha value is -9.30. The van der Waals surface area contributed by atoms with Crippen molar-refractivity contribution in [3.63, 3.8) is 0 Å². The number of aromatic nitrogens is 2. The summed E-state index contributed by atoms with van der Waals surface area (Å²) < 4.78 is 4.56. The van der Waals surface area contributed by atoms with Crippen LogP contribution in [0, 0.1) is 13.8 Å². The molecule has 70 heavy (non-hydrogen) atoms. The van der Waals surface area contributed by atoms with Crippen LogP contribution < -0.4 is 14.6 Å². The Morgan fingerprint density at radius 2 is 1.19 bits per heavy atom. The number of pyridine rings is 1. The summed E-state index contributed by atoms with van der Waals surface area (Å²) in [4.78, 5) is 35.6. The Labute approximate surface area is 402 Å². The molecule has 0 spiro atoms. The minimum atomic E-state index is -1.34. The Balaban J connectivity index is 0.000000168. The molecule has 2 heterocycles. The summed E-state index contributed by atoms with van der Waals surface area (Å²) in [5, 5.41) is 81.0. The lowest BCUT2D eigenvalue weighted by Crippen LogP contribution is -2.32. The lowest BCUT2D eigenvalue weighted by atomic mass is 9.90. The lowest BCUT2D eigenvalue weighted by molar-refractivity contribution is -0.646. The molecular formula is C56H49N3O11. The molecular weight excluding hydrogens is 891 g/mol. The summed E-state index contributed by atoms with van der Waals surface area (Å²) >= 11 is 0. The normalized spacial score (nSPS) is 11.0. The number of phenols is 4. The van der Waals surface area contributed by atoms with Gasteiger partial charge in [-0.05, 0) is 113 Å². The number of hydrogen-bond donors (Lipinski definition) is 7. The van der Waals surface area contributed by atoms with Gasteiger partial charge in [-0.15, -0.1) is 0 Å². The Morgan fingerprint density at radius 1 is 0.614 bits per heavy atom. The molecule has 0 atom stereocenters. The summed E-state index contributed by atoms with van der Waals surface area (Å²) in [6, 6.07) is 42.0. The van der Waals surface area contributed by atoms with Crippen LogP contribution in [0.15, 0.2) is 140 Å². The fourth-order valence-electron chi connectivity index (χ4n) is 8.35. The molecule has 0 fully saturated rings. The molecule has 14 nitrogen and oxygen atoms in total. The van der Waals surface area contributed by atoms with Crippen LogP contribution in [0.3, 0.4) is 0 Å². The summed E-state index contributed by atoms with van der Waals surface area (Å²) in [6.45, 7) is 4.35. The number of benzene rings is 7. The second-order valence-electron chi connectivity index (χ2n) is 16.7. The number of carboxylic acids is 3. The van der Waals surface area contributed by atoms with E-state index in [0.717, 1.165) is 12.1 Å². The first-order valence-corrected chi connectivity index (χ1v) is 21.8. The van der Waals surface area contributed by atoms with Crippen LogP contribution in [0.5, 0.6) is 28.7 Å². The molecule has 0 radical (unpaired) electrons. The van der Waals surface area contributed by atoms with Crippen molar-refractivity contribution in [1.29, 1.82) is 0 Å². The van der Waals surface area contributed by atoms with Gasteiger partial charge in [-0.3, -0.25) is 0 Å². The third-order valence-corrected chi connectivity index (χ3v) is 12.0. The van der Waals surface area contributed by atoms with Crippen molar-refractivity contribution in [1.82, 2.24) is 4.57 Å². The molecule has 0 unspecified atom stereocenters. The largest absolute Gasteiger partial charge is 0.872 e.